The Labute approximate surface area is 270 Å². The van der Waals surface area contributed by atoms with Crippen molar-refractivity contribution < 1.29 is 14.6 Å². The number of hydrogen-bond donors (Lipinski definition) is 1. The summed E-state index contributed by atoms with van der Waals surface area (Å²) in [5, 5.41) is 10.1. The van der Waals surface area contributed by atoms with Crippen LogP contribution in [0.3, 0.4) is 0 Å². The van der Waals surface area contributed by atoms with Crippen LogP contribution in [0.15, 0.2) is 108 Å². The normalized spacial score (nSPS) is 21.7. The van der Waals surface area contributed by atoms with Gasteiger partial charge >= 0.3 is 0 Å². The van der Waals surface area contributed by atoms with Crippen molar-refractivity contribution in [3.63, 3.8) is 0 Å². The van der Waals surface area contributed by atoms with Crippen LogP contribution in [0.2, 0.25) is 0 Å². The number of ether oxygens (including phenoxy) is 1. The minimum atomic E-state index is -0.219. The molecule has 0 bridgehead atoms. The van der Waals surface area contributed by atoms with Crippen LogP contribution in [-0.2, 0) is 9.53 Å². The van der Waals surface area contributed by atoms with Gasteiger partial charge in [-0.2, -0.15) is 0 Å². The topological polar surface area (TPSA) is 46.5 Å². The summed E-state index contributed by atoms with van der Waals surface area (Å²) < 4.78 is 5.44. The first-order chi connectivity index (χ1) is 20.7. The maximum absolute atomic E-state index is 11.5. The van der Waals surface area contributed by atoms with Crippen LogP contribution in [0.25, 0.3) is 0 Å². The molecule has 1 N–H and O–H groups in total. The summed E-state index contributed by atoms with van der Waals surface area (Å²) in [6.45, 7) is 19.5. The molecular formula is C41H62O3. The summed E-state index contributed by atoms with van der Waals surface area (Å²) in [5.41, 5.74) is 3.32. The molecule has 44 heavy (non-hydrogen) atoms. The van der Waals surface area contributed by atoms with Crippen molar-refractivity contribution in [1.29, 1.82) is 0 Å². The predicted molar refractivity (Wildman–Crippen MR) is 191 cm³/mol. The minimum absolute atomic E-state index is 0.0220. The average Bonchev–Trinajstić information content (AvgIpc) is 2.93. The Kier molecular flexibility index (Phi) is 18.1. The summed E-state index contributed by atoms with van der Waals surface area (Å²) in [5.74, 6) is 1.43. The van der Waals surface area contributed by atoms with Crippen LogP contribution < -0.4 is 0 Å². The highest BCUT2D eigenvalue weighted by atomic mass is 16.5. The van der Waals surface area contributed by atoms with Gasteiger partial charge in [0.05, 0.1) is 11.7 Å². The Bertz CT molecular complexity index is 1130. The van der Waals surface area contributed by atoms with Gasteiger partial charge in [0.1, 0.15) is 6.29 Å². The van der Waals surface area contributed by atoms with E-state index >= 15 is 0 Å². The number of hydrogen-bond acceptors (Lipinski definition) is 3. The second-order valence-electron chi connectivity index (χ2n) is 14.0. The zero-order valence-electron chi connectivity index (χ0n) is 29.4. The Morgan fingerprint density at radius 2 is 1.50 bits per heavy atom. The van der Waals surface area contributed by atoms with Gasteiger partial charge in [-0.05, 0) is 93.1 Å². The highest BCUT2D eigenvalue weighted by molar-refractivity contribution is 5.74. The number of carbonyl (C=O) groups excluding carboxylic acids is 1. The van der Waals surface area contributed by atoms with E-state index in [0.29, 0.717) is 30.1 Å². The summed E-state index contributed by atoms with van der Waals surface area (Å²) in [4.78, 5) is 11.5. The number of methoxy groups -OCH3 is 1. The molecule has 0 heterocycles. The largest absolute Gasteiger partial charge is 0.393 e. The van der Waals surface area contributed by atoms with Gasteiger partial charge in [0.2, 0.25) is 0 Å². The average molecular weight is 603 g/mol. The second kappa shape index (κ2) is 20.3. The summed E-state index contributed by atoms with van der Waals surface area (Å²) in [7, 11) is 1.74. The standard InChI is InChI=1S/C41H62O3/c1-32(19-13-20-35(4)26-27-39-36(5)29-38(43)30-40(39,6)7)17-11-12-18-33(2)21-14-24-37(31-42)25-15-22-34(3)23-16-28-41(8,9)44-10/h11-18,20-23,25-27,31-35,38,43H,19,24,28-30H2,1-10H3/b17-11+,18-12+,20-13+,21-14+,22-15+,23-16+,27-26+,37-25-/t32?,33?,34?,35?,38-/m1/s1. The van der Waals surface area contributed by atoms with Gasteiger partial charge in [0.15, 0.2) is 0 Å². The molecule has 0 aromatic heterocycles. The predicted octanol–water partition coefficient (Wildman–Crippen LogP) is 10.6. The van der Waals surface area contributed by atoms with E-state index in [1.54, 1.807) is 7.11 Å². The quantitative estimate of drug-likeness (QED) is 0.0735. The molecule has 0 spiro atoms. The van der Waals surface area contributed by atoms with Crippen LogP contribution in [0.5, 0.6) is 0 Å². The first kappa shape index (κ1) is 39.3. The van der Waals surface area contributed by atoms with E-state index in [1.807, 2.05) is 12.2 Å². The Balaban J connectivity index is 2.47. The fourth-order valence-electron chi connectivity index (χ4n) is 5.28. The fraction of sp³-hybridized carbons (Fsp3) is 0.537. The molecule has 0 fully saturated rings. The van der Waals surface area contributed by atoms with Crippen LogP contribution in [0.4, 0.5) is 0 Å². The number of aliphatic hydroxyl groups is 1. The lowest BCUT2D eigenvalue weighted by Crippen LogP contribution is -2.28. The Hall–Kier alpha value is -2.75. The molecule has 1 aliphatic rings. The van der Waals surface area contributed by atoms with Crippen LogP contribution >= 0.6 is 0 Å². The molecule has 5 atom stereocenters. The van der Waals surface area contributed by atoms with E-state index in [9.17, 15) is 9.90 Å². The molecule has 0 radical (unpaired) electrons. The second-order valence-corrected chi connectivity index (χ2v) is 14.0. The molecule has 0 aromatic rings. The molecule has 3 heteroatoms. The third-order valence-corrected chi connectivity index (χ3v) is 8.23. The first-order valence-electron chi connectivity index (χ1n) is 16.5. The monoisotopic (exact) mass is 602 g/mol. The van der Waals surface area contributed by atoms with Gasteiger partial charge in [-0.3, -0.25) is 4.79 Å². The zero-order chi connectivity index (χ0) is 33.2. The van der Waals surface area contributed by atoms with E-state index in [-0.39, 0.29) is 17.1 Å². The molecule has 4 unspecified atom stereocenters. The van der Waals surface area contributed by atoms with Gasteiger partial charge in [0, 0.05) is 7.11 Å². The molecule has 0 aliphatic heterocycles. The van der Waals surface area contributed by atoms with Crippen molar-refractivity contribution in [2.24, 2.45) is 29.1 Å². The lowest BCUT2D eigenvalue weighted by Gasteiger charge is -2.35. The van der Waals surface area contributed by atoms with Crippen LogP contribution in [0, 0.1) is 29.1 Å². The number of aldehydes is 1. The minimum Gasteiger partial charge on any atom is -0.393 e. The van der Waals surface area contributed by atoms with E-state index in [0.717, 1.165) is 37.5 Å². The van der Waals surface area contributed by atoms with Crippen LogP contribution in [0.1, 0.15) is 94.4 Å². The third-order valence-electron chi connectivity index (χ3n) is 8.23. The van der Waals surface area contributed by atoms with Crippen molar-refractivity contribution in [3.05, 3.63) is 108 Å². The molecule has 0 amide bonds. The Morgan fingerprint density at radius 1 is 0.909 bits per heavy atom. The van der Waals surface area contributed by atoms with Crippen molar-refractivity contribution in [3.8, 4) is 0 Å². The lowest BCUT2D eigenvalue weighted by molar-refractivity contribution is -0.105. The van der Waals surface area contributed by atoms with Gasteiger partial charge < -0.3 is 9.84 Å². The molecule has 0 saturated carbocycles. The van der Waals surface area contributed by atoms with E-state index < -0.39 is 0 Å². The third kappa shape index (κ3) is 16.9. The number of rotatable bonds is 18. The molecule has 1 aliphatic carbocycles. The molecule has 0 aromatic carbocycles. The van der Waals surface area contributed by atoms with Crippen molar-refractivity contribution in [2.45, 2.75) is 106 Å². The first-order valence-corrected chi connectivity index (χ1v) is 16.5. The van der Waals surface area contributed by atoms with E-state index in [1.165, 1.54) is 11.1 Å². The number of aliphatic hydroxyl groups excluding tert-OH is 1. The van der Waals surface area contributed by atoms with Crippen molar-refractivity contribution >= 4 is 6.29 Å². The molecule has 1 rings (SSSR count). The van der Waals surface area contributed by atoms with E-state index in [4.69, 9.17) is 4.74 Å². The van der Waals surface area contributed by atoms with Crippen molar-refractivity contribution in [2.75, 3.05) is 7.11 Å². The smallest absolute Gasteiger partial charge is 0.146 e. The Morgan fingerprint density at radius 3 is 2.14 bits per heavy atom. The number of allylic oxidation sites excluding steroid dienone is 16. The van der Waals surface area contributed by atoms with Gasteiger partial charge in [-0.1, -0.05) is 138 Å². The van der Waals surface area contributed by atoms with Gasteiger partial charge in [0.25, 0.3) is 0 Å². The lowest BCUT2D eigenvalue weighted by atomic mass is 9.71. The number of carbonyl (C=O) groups is 1. The molecule has 3 nitrogen and oxygen atoms in total. The maximum Gasteiger partial charge on any atom is 0.146 e. The van der Waals surface area contributed by atoms with Gasteiger partial charge in [-0.15, -0.1) is 0 Å². The molecular weight excluding hydrogens is 540 g/mol. The zero-order valence-corrected chi connectivity index (χ0v) is 29.4. The summed E-state index contributed by atoms with van der Waals surface area (Å²) in [6.07, 6.45) is 37.1. The van der Waals surface area contributed by atoms with Crippen molar-refractivity contribution in [1.82, 2.24) is 0 Å². The summed E-state index contributed by atoms with van der Waals surface area (Å²) in [6, 6.07) is 0. The highest BCUT2D eigenvalue weighted by Crippen LogP contribution is 2.41. The SMILES string of the molecule is COC(C)(C)C/C=C/C(C)/C=C/C=C(\C=O)C/C=C/C(C)/C=C/C=C/C(C)C/C=C/C(C)/C=C/C1=C(C)C[C@@H](O)CC1(C)C. The fourth-order valence-corrected chi connectivity index (χ4v) is 5.28. The van der Waals surface area contributed by atoms with Gasteiger partial charge in [-0.25, -0.2) is 0 Å². The van der Waals surface area contributed by atoms with E-state index in [2.05, 4.69) is 141 Å². The highest BCUT2D eigenvalue weighted by Gasteiger charge is 2.31. The van der Waals surface area contributed by atoms with Crippen LogP contribution in [-0.4, -0.2) is 30.2 Å². The molecule has 0 saturated heterocycles. The molecule has 244 valence electrons. The summed E-state index contributed by atoms with van der Waals surface area (Å²) >= 11 is 0. The maximum atomic E-state index is 11.5.